The van der Waals surface area contributed by atoms with Gasteiger partial charge in [0.1, 0.15) is 17.4 Å². The Kier molecular flexibility index (Phi) is 9.65. The SMILES string of the molecule is [CH2]NS(=O)(=O)c1cc2cc(OCCNC(=O)c3ccc(F)c(F)c3)c(OCCNC(=O)c3ccc(F)c(F)c3)cc2s1. The molecule has 4 rings (SSSR count). The zero-order valence-corrected chi connectivity index (χ0v) is 23.1. The Labute approximate surface area is 241 Å². The van der Waals surface area contributed by atoms with Crippen LogP contribution in [0.2, 0.25) is 0 Å². The maximum absolute atomic E-state index is 13.4. The van der Waals surface area contributed by atoms with E-state index in [1.54, 1.807) is 0 Å². The number of hydrogen-bond acceptors (Lipinski definition) is 7. The summed E-state index contributed by atoms with van der Waals surface area (Å²) in [6, 6.07) is 9.93. The zero-order valence-electron chi connectivity index (χ0n) is 21.5. The first-order valence-corrected chi connectivity index (χ1v) is 14.4. The number of sulfonamides is 1. The Morgan fingerprint density at radius 2 is 1.24 bits per heavy atom. The first-order valence-electron chi connectivity index (χ1n) is 12.1. The summed E-state index contributed by atoms with van der Waals surface area (Å²) < 4.78 is 91.5. The van der Waals surface area contributed by atoms with Crippen LogP contribution in [0.4, 0.5) is 17.6 Å². The van der Waals surface area contributed by atoms with Crippen LogP contribution < -0.4 is 24.8 Å². The average Bonchev–Trinajstić information content (AvgIpc) is 3.39. The van der Waals surface area contributed by atoms with Crippen molar-refractivity contribution in [2.24, 2.45) is 0 Å². The summed E-state index contributed by atoms with van der Waals surface area (Å²) in [5, 5.41) is 5.52. The molecule has 2 amide bonds. The second kappa shape index (κ2) is 13.2. The number of carbonyl (C=O) groups is 2. The van der Waals surface area contributed by atoms with Gasteiger partial charge < -0.3 is 20.1 Å². The molecular weight excluding hydrogens is 602 g/mol. The fourth-order valence-electron chi connectivity index (χ4n) is 3.58. The predicted octanol–water partition coefficient (Wildman–Crippen LogP) is 4.15. The lowest BCUT2D eigenvalue weighted by Crippen LogP contribution is -2.29. The number of nitrogens with one attached hydrogen (secondary N) is 3. The van der Waals surface area contributed by atoms with Gasteiger partial charge in [-0.15, -0.1) is 11.3 Å². The van der Waals surface area contributed by atoms with E-state index in [0.717, 1.165) is 47.7 Å². The second-order valence-electron chi connectivity index (χ2n) is 8.52. The molecule has 9 nitrogen and oxygen atoms in total. The molecule has 0 bridgehead atoms. The molecule has 0 saturated carbocycles. The van der Waals surface area contributed by atoms with Gasteiger partial charge in [-0.2, -0.15) is 0 Å². The maximum Gasteiger partial charge on any atom is 0.251 e. The molecule has 15 heteroatoms. The van der Waals surface area contributed by atoms with Gasteiger partial charge in [-0.25, -0.2) is 30.7 Å². The molecular formula is C27H22F4N3O6S2. The van der Waals surface area contributed by atoms with E-state index in [2.05, 4.69) is 17.7 Å². The van der Waals surface area contributed by atoms with Crippen molar-refractivity contribution >= 4 is 43.3 Å². The molecule has 0 spiro atoms. The highest BCUT2D eigenvalue weighted by atomic mass is 32.2. The number of halogens is 4. The van der Waals surface area contributed by atoms with Gasteiger partial charge in [0.15, 0.2) is 34.8 Å². The van der Waals surface area contributed by atoms with Crippen LogP contribution in [0.1, 0.15) is 20.7 Å². The normalized spacial score (nSPS) is 11.4. The van der Waals surface area contributed by atoms with Crippen molar-refractivity contribution in [1.29, 1.82) is 0 Å². The van der Waals surface area contributed by atoms with E-state index < -0.39 is 45.1 Å². The van der Waals surface area contributed by atoms with Gasteiger partial charge in [0.25, 0.3) is 11.8 Å². The fourth-order valence-corrected chi connectivity index (χ4v) is 5.70. The highest BCUT2D eigenvalue weighted by Crippen LogP contribution is 2.38. The molecule has 4 aromatic rings. The minimum Gasteiger partial charge on any atom is -0.488 e. The smallest absolute Gasteiger partial charge is 0.251 e. The first kappa shape index (κ1) is 30.7. The van der Waals surface area contributed by atoms with Crippen LogP contribution in [0, 0.1) is 30.3 Å². The second-order valence-corrected chi connectivity index (χ2v) is 11.6. The minimum absolute atomic E-state index is 0.00631. The summed E-state index contributed by atoms with van der Waals surface area (Å²) >= 11 is 0.951. The lowest BCUT2D eigenvalue weighted by molar-refractivity contribution is 0.0936. The van der Waals surface area contributed by atoms with Gasteiger partial charge in [0, 0.05) is 28.9 Å². The zero-order chi connectivity index (χ0) is 30.4. The number of thiophene rings is 1. The Bertz CT molecular complexity index is 1640. The van der Waals surface area contributed by atoms with E-state index in [0.29, 0.717) is 10.1 Å². The monoisotopic (exact) mass is 624 g/mol. The van der Waals surface area contributed by atoms with Crippen LogP contribution in [0.3, 0.4) is 0 Å². The van der Waals surface area contributed by atoms with Gasteiger partial charge in [-0.3, -0.25) is 9.59 Å². The highest BCUT2D eigenvalue weighted by Gasteiger charge is 2.18. The van der Waals surface area contributed by atoms with Crippen LogP contribution >= 0.6 is 11.3 Å². The number of carbonyl (C=O) groups excluding carboxylic acids is 2. The number of fused-ring (bicyclic) bond motifs is 1. The van der Waals surface area contributed by atoms with E-state index in [-0.39, 0.29) is 53.1 Å². The first-order chi connectivity index (χ1) is 20.0. The summed E-state index contributed by atoms with van der Waals surface area (Å²) in [7, 11) is -0.630. The molecule has 1 heterocycles. The number of benzene rings is 3. The average molecular weight is 625 g/mol. The molecule has 221 valence electrons. The van der Waals surface area contributed by atoms with Crippen molar-refractivity contribution < 1.29 is 45.0 Å². The van der Waals surface area contributed by atoms with Gasteiger partial charge in [0.2, 0.25) is 10.0 Å². The molecule has 0 saturated heterocycles. The maximum atomic E-state index is 13.4. The summed E-state index contributed by atoms with van der Waals surface area (Å²) in [6.07, 6.45) is 0. The molecule has 3 aromatic carbocycles. The van der Waals surface area contributed by atoms with Crippen molar-refractivity contribution in [2.45, 2.75) is 4.21 Å². The largest absolute Gasteiger partial charge is 0.488 e. The Morgan fingerprint density at radius 1 is 0.738 bits per heavy atom. The van der Waals surface area contributed by atoms with Crippen LogP contribution in [-0.2, 0) is 10.0 Å². The van der Waals surface area contributed by atoms with Crippen molar-refractivity contribution in [3.05, 3.63) is 96.0 Å². The summed E-state index contributed by atoms with van der Waals surface area (Å²) in [4.78, 5) is 24.5. The van der Waals surface area contributed by atoms with E-state index in [1.807, 2.05) is 4.72 Å². The number of amides is 2. The van der Waals surface area contributed by atoms with E-state index in [1.165, 1.54) is 18.2 Å². The van der Waals surface area contributed by atoms with Gasteiger partial charge in [-0.1, -0.05) is 0 Å². The van der Waals surface area contributed by atoms with E-state index in [4.69, 9.17) is 9.47 Å². The van der Waals surface area contributed by atoms with Crippen LogP contribution in [-0.4, -0.2) is 46.5 Å². The molecule has 0 aliphatic heterocycles. The molecule has 0 aliphatic rings. The summed E-state index contributed by atoms with van der Waals surface area (Å²) in [5.41, 5.74) is -0.174. The van der Waals surface area contributed by atoms with Crippen LogP contribution in [0.15, 0.2) is 58.8 Å². The van der Waals surface area contributed by atoms with Gasteiger partial charge in [-0.05, 0) is 53.9 Å². The van der Waals surface area contributed by atoms with E-state index in [9.17, 15) is 35.6 Å². The van der Waals surface area contributed by atoms with Crippen LogP contribution in [0.5, 0.6) is 11.5 Å². The predicted molar refractivity (Wildman–Crippen MR) is 146 cm³/mol. The quantitative estimate of drug-likeness (QED) is 0.161. The number of ether oxygens (including phenoxy) is 2. The standard InChI is InChI=1S/C27H22F4N3O6S2/c1-32-42(37,38)25-13-17-12-22(39-8-6-33-26(35)15-2-4-18(28)20(30)10-15)23(14-24(17)41-25)40-9-7-34-27(36)16-3-5-19(29)21(31)11-16/h2-5,10-14,32H,1,6-9H2,(H,33,35)(H,34,36). The fraction of sp³-hybridized carbons (Fsp3) is 0.148. The highest BCUT2D eigenvalue weighted by molar-refractivity contribution is 7.91. The van der Waals surface area contributed by atoms with E-state index >= 15 is 0 Å². The summed E-state index contributed by atoms with van der Waals surface area (Å²) in [6.45, 7) is -0.232. The molecule has 3 N–H and O–H groups in total. The van der Waals surface area contributed by atoms with Crippen molar-refractivity contribution in [1.82, 2.24) is 15.4 Å². The van der Waals surface area contributed by atoms with Crippen molar-refractivity contribution in [2.75, 3.05) is 26.3 Å². The lowest BCUT2D eigenvalue weighted by atomic mass is 10.2. The molecule has 0 atom stereocenters. The Balaban J connectivity index is 1.43. The lowest BCUT2D eigenvalue weighted by Gasteiger charge is -2.14. The molecule has 0 aliphatic carbocycles. The Hall–Kier alpha value is -4.21. The summed E-state index contributed by atoms with van der Waals surface area (Å²) in [5.74, 6) is -5.45. The molecule has 1 aromatic heterocycles. The van der Waals surface area contributed by atoms with Gasteiger partial charge in [0.05, 0.1) is 13.1 Å². The Morgan fingerprint density at radius 3 is 1.71 bits per heavy atom. The molecule has 0 unspecified atom stereocenters. The molecule has 0 fully saturated rings. The topological polar surface area (TPSA) is 123 Å². The van der Waals surface area contributed by atoms with Crippen molar-refractivity contribution in [3.63, 3.8) is 0 Å². The minimum atomic E-state index is -3.83. The third-order valence-corrected chi connectivity index (χ3v) is 8.50. The molecule has 42 heavy (non-hydrogen) atoms. The van der Waals surface area contributed by atoms with Gasteiger partial charge >= 0.3 is 0 Å². The van der Waals surface area contributed by atoms with Crippen molar-refractivity contribution in [3.8, 4) is 11.5 Å². The van der Waals surface area contributed by atoms with Crippen LogP contribution in [0.25, 0.3) is 10.1 Å². The number of hydrogen-bond donors (Lipinski definition) is 3. The number of rotatable bonds is 12. The third-order valence-electron chi connectivity index (χ3n) is 5.67. The third kappa shape index (κ3) is 7.35. The molecule has 1 radical (unpaired) electrons.